The number of fused-ring (bicyclic) bond motifs is 1. The van der Waals surface area contributed by atoms with E-state index >= 15 is 0 Å². The van der Waals surface area contributed by atoms with Crippen LogP contribution in [0.4, 0.5) is 15.9 Å². The minimum absolute atomic E-state index is 0.206. The van der Waals surface area contributed by atoms with E-state index in [1.54, 1.807) is 25.1 Å². The molecule has 32 heavy (non-hydrogen) atoms. The summed E-state index contributed by atoms with van der Waals surface area (Å²) in [5.74, 6) is 0.433. The summed E-state index contributed by atoms with van der Waals surface area (Å²) >= 11 is 0. The number of hydrogen-bond donors (Lipinski definition) is 2. The summed E-state index contributed by atoms with van der Waals surface area (Å²) in [6.07, 6.45) is 7.29. The van der Waals surface area contributed by atoms with Crippen LogP contribution < -0.4 is 11.1 Å². The third-order valence-electron chi connectivity index (χ3n) is 5.01. The summed E-state index contributed by atoms with van der Waals surface area (Å²) in [7, 11) is -1.22. The molecule has 3 N–H and O–H groups in total. The molecule has 8 nitrogen and oxygen atoms in total. The number of aromatic nitrogens is 3. The normalized spacial score (nSPS) is 21.7. The van der Waals surface area contributed by atoms with Crippen LogP contribution in [0.3, 0.4) is 0 Å². The van der Waals surface area contributed by atoms with Gasteiger partial charge in [0.05, 0.1) is 28.1 Å². The predicted molar refractivity (Wildman–Crippen MR) is 122 cm³/mol. The third-order valence-corrected chi connectivity index (χ3v) is 6.69. The zero-order chi connectivity index (χ0) is 22.7. The Hall–Kier alpha value is -3.45. The van der Waals surface area contributed by atoms with E-state index in [2.05, 4.69) is 25.3 Å². The molecule has 3 heterocycles. The molecule has 3 unspecified atom stereocenters. The van der Waals surface area contributed by atoms with E-state index in [0.717, 1.165) is 0 Å². The molecular formula is C22H22FN7OS. The fraction of sp³-hybridized carbons (Fsp3) is 0.318. The average molecular weight is 452 g/mol. The first-order valence-electron chi connectivity index (χ1n) is 10.2. The summed E-state index contributed by atoms with van der Waals surface area (Å²) < 4.78 is 26.7. The van der Waals surface area contributed by atoms with Gasteiger partial charge in [-0.2, -0.15) is 5.26 Å². The summed E-state index contributed by atoms with van der Waals surface area (Å²) in [5.41, 5.74) is 8.11. The number of nitrogens with zero attached hydrogens (tertiary/aromatic N) is 5. The Morgan fingerprint density at radius 2 is 2.00 bits per heavy atom. The molecule has 10 heteroatoms. The van der Waals surface area contributed by atoms with E-state index in [4.69, 9.17) is 11.0 Å². The monoisotopic (exact) mass is 451 g/mol. The second-order valence-corrected chi connectivity index (χ2v) is 9.41. The van der Waals surface area contributed by atoms with Crippen LogP contribution in [0.25, 0.3) is 11.0 Å². The molecule has 5 rings (SSSR count). The molecule has 1 aromatic carbocycles. The van der Waals surface area contributed by atoms with E-state index in [-0.39, 0.29) is 16.8 Å². The van der Waals surface area contributed by atoms with Crippen LogP contribution in [0.2, 0.25) is 0 Å². The lowest BCUT2D eigenvalue weighted by atomic mass is 10.1. The lowest BCUT2D eigenvalue weighted by Gasteiger charge is -2.24. The summed E-state index contributed by atoms with van der Waals surface area (Å²) in [5, 5.41) is 11.8. The number of anilines is 2. The van der Waals surface area contributed by atoms with E-state index in [1.165, 1.54) is 37.9 Å². The van der Waals surface area contributed by atoms with Gasteiger partial charge in [-0.1, -0.05) is 19.3 Å². The molecule has 3 atom stereocenters. The van der Waals surface area contributed by atoms with Crippen molar-refractivity contribution in [3.8, 4) is 6.07 Å². The number of rotatable bonds is 3. The molecule has 0 radical (unpaired) electrons. The fourth-order valence-corrected chi connectivity index (χ4v) is 4.21. The van der Waals surface area contributed by atoms with Crippen molar-refractivity contribution in [3.05, 3.63) is 53.7 Å². The van der Waals surface area contributed by atoms with E-state index < -0.39 is 22.7 Å². The van der Waals surface area contributed by atoms with Gasteiger partial charge in [-0.3, -0.25) is 9.20 Å². The van der Waals surface area contributed by atoms with Crippen molar-refractivity contribution in [2.75, 3.05) is 11.1 Å². The highest BCUT2D eigenvalue weighted by Crippen LogP contribution is 2.30. The first-order chi connectivity index (χ1) is 15.5. The number of nitrogens with one attached hydrogen (secondary N) is 1. The number of aliphatic imine (C=N–C) groups is 1. The third kappa shape index (κ3) is 4.89. The first kappa shape index (κ1) is 21.8. The highest BCUT2D eigenvalue weighted by molar-refractivity contribution is 7.86. The van der Waals surface area contributed by atoms with Crippen molar-refractivity contribution in [2.24, 2.45) is 10.7 Å². The molecule has 0 saturated heterocycles. The second kappa shape index (κ2) is 9.36. The smallest absolute Gasteiger partial charge is 0.160 e. The summed E-state index contributed by atoms with van der Waals surface area (Å²) in [6.45, 7) is 1.74. The fourth-order valence-electron chi connectivity index (χ4n) is 3.03. The van der Waals surface area contributed by atoms with Gasteiger partial charge in [-0.25, -0.2) is 19.3 Å². The van der Waals surface area contributed by atoms with Crippen LogP contribution in [-0.2, 0) is 10.8 Å². The quantitative estimate of drug-likeness (QED) is 0.623. The predicted octanol–water partition coefficient (Wildman–Crippen LogP) is 3.50. The maximum absolute atomic E-state index is 14.5. The van der Waals surface area contributed by atoms with Crippen molar-refractivity contribution < 1.29 is 8.60 Å². The zero-order valence-electron chi connectivity index (χ0n) is 17.5. The van der Waals surface area contributed by atoms with E-state index in [0.29, 0.717) is 33.7 Å². The maximum Gasteiger partial charge on any atom is 0.160 e. The standard InChI is InChI=1S/C19H16FN7OS.C3H6/c1-10-18(22)27-16(8-29(10)28)13-5-12(2-3-14(13)20)26-19-17-15(24-9-25-19)4-11(6-21)7-23-17;1-2-3-1/h2-5,7,9-10,16H,8H2,1H3,(H2,22,27)(H,24,25,26);1-3H2. The van der Waals surface area contributed by atoms with Gasteiger partial charge in [-0.15, -0.1) is 0 Å². The molecule has 0 spiro atoms. The topological polar surface area (TPSA) is 130 Å². The van der Waals surface area contributed by atoms with Crippen molar-refractivity contribution in [2.45, 2.75) is 37.5 Å². The summed E-state index contributed by atoms with van der Waals surface area (Å²) in [6, 6.07) is 7.48. The number of hydrogen-bond acceptors (Lipinski definition) is 8. The Labute approximate surface area is 187 Å². The molecule has 1 aliphatic carbocycles. The SMILES string of the molecule is C1CC1.CC1C(N)=NC(c2cc(Nc3ncnc4cc(C#N)cnc34)ccc2F)CS1=O. The van der Waals surface area contributed by atoms with Crippen LogP contribution in [0.1, 0.15) is 43.4 Å². The van der Waals surface area contributed by atoms with Crippen molar-refractivity contribution >= 4 is 39.2 Å². The Balaban J connectivity index is 0.000000754. The molecule has 2 aliphatic rings. The molecule has 0 amide bonds. The van der Waals surface area contributed by atoms with Crippen LogP contribution in [0.15, 0.2) is 41.8 Å². The number of nitrogens with two attached hydrogens (primary N) is 1. The van der Waals surface area contributed by atoms with Crippen LogP contribution in [-0.4, -0.2) is 36.0 Å². The molecule has 1 fully saturated rings. The molecule has 0 bridgehead atoms. The van der Waals surface area contributed by atoms with Gasteiger partial charge >= 0.3 is 0 Å². The number of amidine groups is 1. The van der Waals surface area contributed by atoms with Gasteiger partial charge < -0.3 is 11.1 Å². The minimum atomic E-state index is -1.22. The lowest BCUT2D eigenvalue weighted by Crippen LogP contribution is -2.37. The Kier molecular flexibility index (Phi) is 6.37. The van der Waals surface area contributed by atoms with Gasteiger partial charge in [0.2, 0.25) is 0 Å². The highest BCUT2D eigenvalue weighted by Gasteiger charge is 2.28. The zero-order valence-corrected chi connectivity index (χ0v) is 18.3. The van der Waals surface area contributed by atoms with E-state index in [9.17, 15) is 8.60 Å². The molecule has 164 valence electrons. The Morgan fingerprint density at radius 3 is 2.69 bits per heavy atom. The van der Waals surface area contributed by atoms with Crippen molar-refractivity contribution in [1.29, 1.82) is 5.26 Å². The molecule has 3 aromatic rings. The highest BCUT2D eigenvalue weighted by atomic mass is 32.2. The largest absolute Gasteiger partial charge is 0.386 e. The van der Waals surface area contributed by atoms with Crippen LogP contribution in [0.5, 0.6) is 0 Å². The van der Waals surface area contributed by atoms with Gasteiger partial charge in [0, 0.05) is 28.2 Å². The molecular weight excluding hydrogens is 429 g/mol. The summed E-state index contributed by atoms with van der Waals surface area (Å²) in [4.78, 5) is 16.9. The van der Waals surface area contributed by atoms with Gasteiger partial charge in [-0.05, 0) is 31.2 Å². The van der Waals surface area contributed by atoms with Gasteiger partial charge in [0.1, 0.15) is 29.6 Å². The number of pyridine rings is 1. The number of halogens is 1. The van der Waals surface area contributed by atoms with Crippen LogP contribution >= 0.6 is 0 Å². The van der Waals surface area contributed by atoms with Gasteiger partial charge in [0.15, 0.2) is 5.82 Å². The van der Waals surface area contributed by atoms with Crippen molar-refractivity contribution in [3.63, 3.8) is 0 Å². The Bertz CT molecular complexity index is 1250. The molecule has 1 aliphatic heterocycles. The number of nitriles is 1. The average Bonchev–Trinajstić information content (AvgIpc) is 3.68. The van der Waals surface area contributed by atoms with E-state index in [1.807, 2.05) is 6.07 Å². The number of benzene rings is 1. The minimum Gasteiger partial charge on any atom is -0.386 e. The second-order valence-electron chi connectivity index (χ2n) is 7.61. The lowest BCUT2D eigenvalue weighted by molar-refractivity contribution is 0.591. The molecule has 1 saturated carbocycles. The first-order valence-corrected chi connectivity index (χ1v) is 11.6. The van der Waals surface area contributed by atoms with Crippen LogP contribution in [0, 0.1) is 17.1 Å². The molecule has 2 aromatic heterocycles. The van der Waals surface area contributed by atoms with Gasteiger partial charge in [0.25, 0.3) is 0 Å². The maximum atomic E-state index is 14.5. The Morgan fingerprint density at radius 1 is 1.22 bits per heavy atom. The van der Waals surface area contributed by atoms with Crippen molar-refractivity contribution in [1.82, 2.24) is 15.0 Å².